The van der Waals surface area contributed by atoms with E-state index >= 15 is 0 Å². The standard InChI is InChI=1S/C22H22N2O3/c1-14-10-21(25)19-12-16(7-8-20(19)24-14)15-4-2-5-17(11-15)22(26)23-13-18-6-3-9-27-18/h2,4-5,7-8,10-12,18H,3,6,9,13H2,1H3,(H,23,26)(H,24,25)/t18-/m1/s1. The SMILES string of the molecule is Cc1cc(=O)c2cc(-c3cccc(C(=O)NC[C@H]4CCCO4)c3)ccc2[nH]1. The Morgan fingerprint density at radius 3 is 2.85 bits per heavy atom. The van der Waals surface area contributed by atoms with Gasteiger partial charge in [-0.15, -0.1) is 0 Å². The second kappa shape index (κ2) is 7.37. The maximum Gasteiger partial charge on any atom is 0.251 e. The summed E-state index contributed by atoms with van der Waals surface area (Å²) in [7, 11) is 0. The number of aryl methyl sites for hydroxylation is 1. The Bertz CT molecular complexity index is 1050. The van der Waals surface area contributed by atoms with E-state index in [4.69, 9.17) is 4.74 Å². The number of H-pyrrole nitrogens is 1. The number of carbonyl (C=O) groups is 1. The first-order valence-corrected chi connectivity index (χ1v) is 9.24. The van der Waals surface area contributed by atoms with E-state index in [1.807, 2.05) is 43.3 Å². The molecule has 5 nitrogen and oxygen atoms in total. The van der Waals surface area contributed by atoms with Crippen LogP contribution in [0.5, 0.6) is 0 Å². The van der Waals surface area contributed by atoms with Crippen molar-refractivity contribution in [2.45, 2.75) is 25.9 Å². The Morgan fingerprint density at radius 1 is 1.19 bits per heavy atom. The van der Waals surface area contributed by atoms with Crippen LogP contribution >= 0.6 is 0 Å². The van der Waals surface area contributed by atoms with Crippen molar-refractivity contribution in [2.24, 2.45) is 0 Å². The van der Waals surface area contributed by atoms with Crippen molar-refractivity contribution in [3.63, 3.8) is 0 Å². The monoisotopic (exact) mass is 362 g/mol. The van der Waals surface area contributed by atoms with E-state index in [1.165, 1.54) is 0 Å². The number of hydrogen-bond donors (Lipinski definition) is 2. The number of benzene rings is 2. The van der Waals surface area contributed by atoms with Crippen LogP contribution in [0.1, 0.15) is 28.9 Å². The first kappa shape index (κ1) is 17.5. The van der Waals surface area contributed by atoms with E-state index in [0.717, 1.165) is 41.8 Å². The molecule has 1 amide bonds. The van der Waals surface area contributed by atoms with E-state index in [1.54, 1.807) is 12.1 Å². The number of pyridine rings is 1. The Morgan fingerprint density at radius 2 is 2.04 bits per heavy atom. The van der Waals surface area contributed by atoms with E-state index in [2.05, 4.69) is 10.3 Å². The molecule has 0 bridgehead atoms. The lowest BCUT2D eigenvalue weighted by Gasteiger charge is -2.11. The molecule has 2 N–H and O–H groups in total. The summed E-state index contributed by atoms with van der Waals surface area (Å²) in [6.07, 6.45) is 2.16. The van der Waals surface area contributed by atoms with Gasteiger partial charge in [0.25, 0.3) is 5.91 Å². The van der Waals surface area contributed by atoms with Crippen LogP contribution in [-0.4, -0.2) is 30.1 Å². The van der Waals surface area contributed by atoms with E-state index in [-0.39, 0.29) is 17.4 Å². The second-order valence-corrected chi connectivity index (χ2v) is 7.00. The molecule has 1 aromatic heterocycles. The van der Waals surface area contributed by atoms with Crippen LogP contribution in [0.2, 0.25) is 0 Å². The van der Waals surface area contributed by atoms with Gasteiger partial charge in [0.1, 0.15) is 0 Å². The molecular weight excluding hydrogens is 340 g/mol. The highest BCUT2D eigenvalue weighted by Crippen LogP contribution is 2.23. The van der Waals surface area contributed by atoms with Gasteiger partial charge < -0.3 is 15.0 Å². The Labute approximate surface area is 157 Å². The van der Waals surface area contributed by atoms with Crippen LogP contribution in [0.3, 0.4) is 0 Å². The van der Waals surface area contributed by atoms with Gasteiger partial charge in [0.05, 0.1) is 6.10 Å². The van der Waals surface area contributed by atoms with Crippen molar-refractivity contribution >= 4 is 16.8 Å². The van der Waals surface area contributed by atoms with Crippen molar-refractivity contribution in [3.05, 3.63) is 70.0 Å². The number of aromatic nitrogens is 1. The van der Waals surface area contributed by atoms with Crippen molar-refractivity contribution in [1.29, 1.82) is 0 Å². The number of hydrogen-bond acceptors (Lipinski definition) is 3. The molecule has 2 heterocycles. The predicted octanol–water partition coefficient (Wildman–Crippen LogP) is 3.41. The van der Waals surface area contributed by atoms with Gasteiger partial charge in [-0.2, -0.15) is 0 Å². The van der Waals surface area contributed by atoms with Crippen molar-refractivity contribution in [2.75, 3.05) is 13.2 Å². The van der Waals surface area contributed by atoms with Crippen LogP contribution in [0.15, 0.2) is 53.3 Å². The molecule has 1 aliphatic heterocycles. The molecule has 0 spiro atoms. The number of fused-ring (bicyclic) bond motifs is 1. The van der Waals surface area contributed by atoms with Gasteiger partial charge >= 0.3 is 0 Å². The molecule has 0 unspecified atom stereocenters. The Hall–Kier alpha value is -2.92. The normalized spacial score (nSPS) is 16.6. The Kier molecular flexibility index (Phi) is 4.77. The third kappa shape index (κ3) is 3.78. The van der Waals surface area contributed by atoms with Crippen LogP contribution in [0.4, 0.5) is 0 Å². The third-order valence-electron chi connectivity index (χ3n) is 4.94. The molecule has 2 aromatic carbocycles. The van der Waals surface area contributed by atoms with E-state index in [9.17, 15) is 9.59 Å². The summed E-state index contributed by atoms with van der Waals surface area (Å²) >= 11 is 0. The van der Waals surface area contributed by atoms with Crippen molar-refractivity contribution in [3.8, 4) is 11.1 Å². The molecule has 27 heavy (non-hydrogen) atoms. The number of carbonyl (C=O) groups excluding carboxylic acids is 1. The van der Waals surface area contributed by atoms with Crippen molar-refractivity contribution < 1.29 is 9.53 Å². The molecule has 0 radical (unpaired) electrons. The maximum absolute atomic E-state index is 12.5. The van der Waals surface area contributed by atoms with Crippen LogP contribution in [0, 0.1) is 6.92 Å². The number of amides is 1. The lowest BCUT2D eigenvalue weighted by atomic mass is 10.0. The lowest BCUT2D eigenvalue weighted by Crippen LogP contribution is -2.31. The number of aromatic amines is 1. The fraction of sp³-hybridized carbons (Fsp3) is 0.273. The van der Waals surface area contributed by atoms with Crippen molar-refractivity contribution in [1.82, 2.24) is 10.3 Å². The second-order valence-electron chi connectivity index (χ2n) is 7.00. The molecule has 5 heteroatoms. The minimum Gasteiger partial charge on any atom is -0.376 e. The molecule has 0 saturated carbocycles. The number of rotatable bonds is 4. The van der Waals surface area contributed by atoms with Gasteiger partial charge in [0.2, 0.25) is 0 Å². The summed E-state index contributed by atoms with van der Waals surface area (Å²) < 4.78 is 5.55. The molecule has 1 atom stereocenters. The van der Waals surface area contributed by atoms with Crippen LogP contribution in [0.25, 0.3) is 22.0 Å². The molecule has 1 saturated heterocycles. The van der Waals surface area contributed by atoms with Gasteiger partial charge in [-0.1, -0.05) is 18.2 Å². The minimum absolute atomic E-state index is 0.00596. The average molecular weight is 362 g/mol. The average Bonchev–Trinajstić information content (AvgIpc) is 3.19. The summed E-state index contributed by atoms with van der Waals surface area (Å²) in [6, 6.07) is 14.8. The topological polar surface area (TPSA) is 71.2 Å². The highest BCUT2D eigenvalue weighted by molar-refractivity contribution is 5.96. The van der Waals surface area contributed by atoms with Gasteiger partial charge in [-0.3, -0.25) is 9.59 Å². The highest BCUT2D eigenvalue weighted by atomic mass is 16.5. The summed E-state index contributed by atoms with van der Waals surface area (Å²) in [5.41, 5.74) is 4.06. The molecule has 0 aliphatic carbocycles. The molecular formula is C22H22N2O3. The van der Waals surface area contributed by atoms with Gasteiger partial charge in [-0.05, 0) is 55.2 Å². The minimum atomic E-state index is -0.110. The quantitative estimate of drug-likeness (QED) is 0.747. The van der Waals surface area contributed by atoms with Crippen LogP contribution in [-0.2, 0) is 4.74 Å². The van der Waals surface area contributed by atoms with E-state index < -0.39 is 0 Å². The molecule has 1 fully saturated rings. The van der Waals surface area contributed by atoms with Crippen LogP contribution < -0.4 is 10.7 Å². The highest BCUT2D eigenvalue weighted by Gasteiger charge is 2.17. The first-order valence-electron chi connectivity index (χ1n) is 9.24. The molecule has 1 aliphatic rings. The summed E-state index contributed by atoms with van der Waals surface area (Å²) in [6.45, 7) is 3.18. The summed E-state index contributed by atoms with van der Waals surface area (Å²) in [5, 5.41) is 3.59. The predicted molar refractivity (Wildman–Crippen MR) is 106 cm³/mol. The third-order valence-corrected chi connectivity index (χ3v) is 4.94. The first-order chi connectivity index (χ1) is 13.1. The summed E-state index contributed by atoms with van der Waals surface area (Å²) in [5.74, 6) is -0.110. The van der Waals surface area contributed by atoms with Gasteiger partial charge in [-0.25, -0.2) is 0 Å². The van der Waals surface area contributed by atoms with Gasteiger partial charge in [0, 0.05) is 41.4 Å². The number of ether oxygens (including phenoxy) is 1. The lowest BCUT2D eigenvalue weighted by molar-refractivity contribution is 0.0858. The molecule has 3 aromatic rings. The van der Waals surface area contributed by atoms with Gasteiger partial charge in [0.15, 0.2) is 5.43 Å². The fourth-order valence-electron chi connectivity index (χ4n) is 3.51. The largest absolute Gasteiger partial charge is 0.376 e. The molecule has 4 rings (SSSR count). The Balaban J connectivity index is 1.59. The maximum atomic E-state index is 12.5. The van der Waals surface area contributed by atoms with E-state index in [0.29, 0.717) is 17.5 Å². The zero-order valence-corrected chi connectivity index (χ0v) is 15.2. The summed E-state index contributed by atoms with van der Waals surface area (Å²) in [4.78, 5) is 27.9. The molecule has 138 valence electrons. The fourth-order valence-corrected chi connectivity index (χ4v) is 3.51. The zero-order valence-electron chi connectivity index (χ0n) is 15.2. The number of nitrogens with one attached hydrogen (secondary N) is 2. The smallest absolute Gasteiger partial charge is 0.251 e. The zero-order chi connectivity index (χ0) is 18.8.